The Bertz CT molecular complexity index is 845. The van der Waals surface area contributed by atoms with E-state index in [0.717, 1.165) is 18.7 Å². The van der Waals surface area contributed by atoms with Gasteiger partial charge in [-0.1, -0.05) is 18.2 Å². The number of hydrogen-bond donors (Lipinski definition) is 1. The van der Waals surface area contributed by atoms with Gasteiger partial charge in [-0.15, -0.1) is 0 Å². The Kier molecular flexibility index (Phi) is 6.86. The number of rotatable bonds is 6. The number of nitrogens with zero attached hydrogens (tertiary/aromatic N) is 2. The Balaban J connectivity index is 1.43. The minimum Gasteiger partial charge on any atom is -0.493 e. The number of ether oxygens (including phenoxy) is 2. The molecule has 2 aromatic rings. The number of carbonyl (C=O) groups is 1. The lowest BCUT2D eigenvalue weighted by Crippen LogP contribution is -2.52. The van der Waals surface area contributed by atoms with Crippen LogP contribution in [0.5, 0.6) is 11.5 Å². The van der Waals surface area contributed by atoms with Crippen LogP contribution in [0.15, 0.2) is 36.4 Å². The Morgan fingerprint density at radius 1 is 1.03 bits per heavy atom. The first-order chi connectivity index (χ1) is 14.0. The third-order valence-electron chi connectivity index (χ3n) is 5.44. The summed E-state index contributed by atoms with van der Waals surface area (Å²) < 4.78 is 11.1. The molecule has 156 valence electrons. The molecule has 3 rings (SSSR count). The van der Waals surface area contributed by atoms with Gasteiger partial charge < -0.3 is 24.6 Å². The lowest BCUT2D eigenvalue weighted by molar-refractivity contribution is 0.191. The number of anilines is 1. The smallest absolute Gasteiger partial charge is 0.317 e. The van der Waals surface area contributed by atoms with E-state index in [2.05, 4.69) is 42.3 Å². The van der Waals surface area contributed by atoms with E-state index in [1.807, 2.05) is 30.0 Å². The van der Waals surface area contributed by atoms with Crippen molar-refractivity contribution in [3.05, 3.63) is 53.1 Å². The molecule has 6 heteroatoms. The van der Waals surface area contributed by atoms with Crippen molar-refractivity contribution in [1.82, 2.24) is 10.2 Å². The Hall–Kier alpha value is -2.89. The van der Waals surface area contributed by atoms with Gasteiger partial charge in [0.25, 0.3) is 0 Å². The molecule has 0 radical (unpaired) electrons. The third-order valence-corrected chi connectivity index (χ3v) is 5.44. The van der Waals surface area contributed by atoms with Gasteiger partial charge in [0.2, 0.25) is 0 Å². The molecule has 0 aliphatic carbocycles. The molecule has 29 heavy (non-hydrogen) atoms. The lowest BCUT2D eigenvalue weighted by Gasteiger charge is -2.37. The summed E-state index contributed by atoms with van der Waals surface area (Å²) in [5.74, 6) is 1.40. The topological polar surface area (TPSA) is 54.0 Å². The number of piperazine rings is 1. The first-order valence-corrected chi connectivity index (χ1v) is 10.1. The highest BCUT2D eigenvalue weighted by atomic mass is 16.5. The zero-order valence-electron chi connectivity index (χ0n) is 17.8. The van der Waals surface area contributed by atoms with Crippen LogP contribution in [-0.2, 0) is 0 Å². The Morgan fingerprint density at radius 2 is 1.79 bits per heavy atom. The summed E-state index contributed by atoms with van der Waals surface area (Å²) in [7, 11) is 1.63. The van der Waals surface area contributed by atoms with Gasteiger partial charge in [0.1, 0.15) is 6.61 Å². The maximum absolute atomic E-state index is 12.5. The van der Waals surface area contributed by atoms with Gasteiger partial charge in [0.15, 0.2) is 11.5 Å². The van der Waals surface area contributed by atoms with Crippen LogP contribution in [0.1, 0.15) is 16.7 Å². The predicted molar refractivity (Wildman–Crippen MR) is 116 cm³/mol. The molecular formula is C23H31N3O3. The number of hydrogen-bond acceptors (Lipinski definition) is 4. The molecule has 1 aliphatic rings. The van der Waals surface area contributed by atoms with Crippen LogP contribution >= 0.6 is 0 Å². The first-order valence-electron chi connectivity index (χ1n) is 10.1. The highest BCUT2D eigenvalue weighted by molar-refractivity contribution is 5.74. The maximum Gasteiger partial charge on any atom is 0.317 e. The average Bonchev–Trinajstić information content (AvgIpc) is 2.74. The molecule has 0 unspecified atom stereocenters. The van der Waals surface area contributed by atoms with Gasteiger partial charge in [-0.05, 0) is 55.7 Å². The Labute approximate surface area is 173 Å². The van der Waals surface area contributed by atoms with Crippen molar-refractivity contribution in [1.29, 1.82) is 0 Å². The molecular weight excluding hydrogens is 366 g/mol. The number of nitrogens with one attached hydrogen (secondary N) is 1. The van der Waals surface area contributed by atoms with Crippen LogP contribution in [0.2, 0.25) is 0 Å². The second-order valence-electron chi connectivity index (χ2n) is 7.43. The quantitative estimate of drug-likeness (QED) is 0.758. The fourth-order valence-electron chi connectivity index (χ4n) is 3.55. The van der Waals surface area contributed by atoms with Crippen molar-refractivity contribution in [3.63, 3.8) is 0 Å². The molecule has 0 aromatic heterocycles. The van der Waals surface area contributed by atoms with E-state index in [0.29, 0.717) is 37.7 Å². The van der Waals surface area contributed by atoms with E-state index in [9.17, 15) is 4.79 Å². The number of aryl methyl sites for hydroxylation is 2. The van der Waals surface area contributed by atoms with Gasteiger partial charge in [-0.25, -0.2) is 4.79 Å². The molecule has 0 bridgehead atoms. The van der Waals surface area contributed by atoms with E-state index in [1.54, 1.807) is 7.11 Å². The van der Waals surface area contributed by atoms with Gasteiger partial charge in [0.05, 0.1) is 13.7 Å². The Morgan fingerprint density at radius 3 is 2.52 bits per heavy atom. The normalized spacial score (nSPS) is 13.9. The van der Waals surface area contributed by atoms with E-state index < -0.39 is 0 Å². The van der Waals surface area contributed by atoms with Crippen LogP contribution in [0.4, 0.5) is 10.5 Å². The fourth-order valence-corrected chi connectivity index (χ4v) is 3.55. The number of urea groups is 1. The second-order valence-corrected chi connectivity index (χ2v) is 7.43. The van der Waals surface area contributed by atoms with Crippen LogP contribution in [-0.4, -0.2) is 57.4 Å². The van der Waals surface area contributed by atoms with Crippen LogP contribution in [0.3, 0.4) is 0 Å². The van der Waals surface area contributed by atoms with E-state index in [1.165, 1.54) is 16.8 Å². The van der Waals surface area contributed by atoms with Crippen molar-refractivity contribution < 1.29 is 14.3 Å². The molecule has 1 aliphatic heterocycles. The highest BCUT2D eigenvalue weighted by Gasteiger charge is 2.22. The van der Waals surface area contributed by atoms with E-state index in [-0.39, 0.29) is 6.03 Å². The number of methoxy groups -OCH3 is 1. The summed E-state index contributed by atoms with van der Waals surface area (Å²) in [6.07, 6.45) is 0. The van der Waals surface area contributed by atoms with Crippen molar-refractivity contribution in [2.75, 3.05) is 51.3 Å². The fraction of sp³-hybridized carbons (Fsp3) is 0.435. The molecule has 1 fully saturated rings. The maximum atomic E-state index is 12.5. The largest absolute Gasteiger partial charge is 0.493 e. The van der Waals surface area contributed by atoms with Gasteiger partial charge in [-0.2, -0.15) is 0 Å². The number of benzene rings is 2. The molecule has 1 N–H and O–H groups in total. The zero-order valence-corrected chi connectivity index (χ0v) is 17.8. The van der Waals surface area contributed by atoms with Crippen LogP contribution in [0.25, 0.3) is 0 Å². The summed E-state index contributed by atoms with van der Waals surface area (Å²) in [5.41, 5.74) is 5.00. The van der Waals surface area contributed by atoms with E-state index in [4.69, 9.17) is 9.47 Å². The highest BCUT2D eigenvalue weighted by Crippen LogP contribution is 2.27. The van der Waals surface area contributed by atoms with Crippen molar-refractivity contribution in [2.45, 2.75) is 20.8 Å². The lowest BCUT2D eigenvalue weighted by atomic mass is 10.1. The molecule has 0 saturated carbocycles. The molecule has 1 saturated heterocycles. The van der Waals surface area contributed by atoms with Gasteiger partial charge in [0, 0.05) is 31.9 Å². The monoisotopic (exact) mass is 397 g/mol. The molecule has 6 nitrogen and oxygen atoms in total. The molecule has 0 spiro atoms. The number of carbonyl (C=O) groups excluding carboxylic acids is 1. The summed E-state index contributed by atoms with van der Waals surface area (Å²) in [6.45, 7) is 10.3. The van der Waals surface area contributed by atoms with Crippen LogP contribution < -0.4 is 19.7 Å². The summed E-state index contributed by atoms with van der Waals surface area (Å²) >= 11 is 0. The van der Waals surface area contributed by atoms with E-state index >= 15 is 0 Å². The summed E-state index contributed by atoms with van der Waals surface area (Å²) in [5, 5.41) is 2.95. The zero-order chi connectivity index (χ0) is 20.8. The van der Waals surface area contributed by atoms with Crippen molar-refractivity contribution in [2.24, 2.45) is 0 Å². The molecule has 0 atom stereocenters. The number of amides is 2. The molecule has 2 aromatic carbocycles. The predicted octanol–water partition coefficient (Wildman–Crippen LogP) is 3.53. The summed E-state index contributed by atoms with van der Waals surface area (Å²) in [4.78, 5) is 16.7. The van der Waals surface area contributed by atoms with Gasteiger partial charge in [-0.3, -0.25) is 0 Å². The minimum atomic E-state index is -0.0370. The second kappa shape index (κ2) is 9.54. The minimum absolute atomic E-state index is 0.0370. The third kappa shape index (κ3) is 5.13. The molecule has 2 amide bonds. The first kappa shape index (κ1) is 20.8. The van der Waals surface area contributed by atoms with Gasteiger partial charge >= 0.3 is 6.03 Å². The van der Waals surface area contributed by atoms with Crippen LogP contribution in [0, 0.1) is 20.8 Å². The standard InChI is InChI=1S/C23H31N3O3/c1-17-8-9-21(22(16-17)28-4)29-15-10-24-23(27)26-13-11-25(12-14-26)20-7-5-6-18(2)19(20)3/h5-9,16H,10-15H2,1-4H3,(H,24,27). The van der Waals surface area contributed by atoms with Crippen molar-refractivity contribution in [3.8, 4) is 11.5 Å². The average molecular weight is 398 g/mol. The SMILES string of the molecule is COc1cc(C)ccc1OCCNC(=O)N1CCN(c2cccc(C)c2C)CC1. The summed E-state index contributed by atoms with van der Waals surface area (Å²) in [6, 6.07) is 12.2. The van der Waals surface area contributed by atoms with Crippen molar-refractivity contribution >= 4 is 11.7 Å². The molecule has 1 heterocycles.